The second kappa shape index (κ2) is 5.67. The van der Waals surface area contributed by atoms with E-state index in [4.69, 9.17) is 0 Å². The lowest BCUT2D eigenvalue weighted by molar-refractivity contribution is -0.113. The number of rotatable bonds is 4. The molecule has 17 heavy (non-hydrogen) atoms. The van der Waals surface area contributed by atoms with Crippen LogP contribution in [0, 0.1) is 6.92 Å². The van der Waals surface area contributed by atoms with Crippen LogP contribution in [0.15, 0.2) is 23.8 Å². The molecular formula is C15H20O2. The van der Waals surface area contributed by atoms with E-state index in [9.17, 15) is 9.90 Å². The van der Waals surface area contributed by atoms with Crippen LogP contribution in [0.1, 0.15) is 44.7 Å². The van der Waals surface area contributed by atoms with Crippen LogP contribution >= 0.6 is 0 Å². The lowest BCUT2D eigenvalue weighted by Crippen LogP contribution is -1.99. The van der Waals surface area contributed by atoms with Gasteiger partial charge in [-0.3, -0.25) is 4.79 Å². The summed E-state index contributed by atoms with van der Waals surface area (Å²) in [5, 5.41) is 9.41. The van der Waals surface area contributed by atoms with Gasteiger partial charge in [0, 0.05) is 0 Å². The Labute approximate surface area is 103 Å². The number of phenolic OH excluding ortho intramolecular Hbond substituents is 1. The number of allylic oxidation sites excluding steroid dienone is 2. The molecular weight excluding hydrogens is 212 g/mol. The second-order valence-corrected chi connectivity index (χ2v) is 4.41. The van der Waals surface area contributed by atoms with E-state index in [1.807, 2.05) is 19.9 Å². The minimum atomic E-state index is 0.112. The van der Waals surface area contributed by atoms with Crippen molar-refractivity contribution in [3.8, 4) is 5.75 Å². The summed E-state index contributed by atoms with van der Waals surface area (Å²) in [5.74, 6) is 0.378. The van der Waals surface area contributed by atoms with Crippen molar-refractivity contribution in [2.24, 2.45) is 0 Å². The van der Waals surface area contributed by atoms with E-state index in [1.165, 1.54) is 0 Å². The van der Waals surface area contributed by atoms with E-state index < -0.39 is 0 Å². The van der Waals surface area contributed by atoms with Crippen LogP contribution in [0.5, 0.6) is 5.75 Å². The fourth-order valence-corrected chi connectivity index (χ4v) is 1.97. The summed E-state index contributed by atoms with van der Waals surface area (Å²) < 4.78 is 0. The lowest BCUT2D eigenvalue weighted by Gasteiger charge is -2.13. The number of aromatic hydroxyl groups is 1. The number of Topliss-reactive ketones (excluding diaryl/α,β-unsaturated/α-hetero) is 1. The molecule has 1 N–H and O–H groups in total. The highest BCUT2D eigenvalue weighted by atomic mass is 16.3. The third-order valence-corrected chi connectivity index (χ3v) is 3.02. The zero-order chi connectivity index (χ0) is 13.0. The highest BCUT2D eigenvalue weighted by Crippen LogP contribution is 2.29. The first-order chi connectivity index (χ1) is 7.97. The van der Waals surface area contributed by atoms with E-state index in [0.717, 1.165) is 35.1 Å². The van der Waals surface area contributed by atoms with Gasteiger partial charge in [-0.2, -0.15) is 0 Å². The predicted molar refractivity (Wildman–Crippen MR) is 71.0 cm³/mol. The smallest absolute Gasteiger partial charge is 0.155 e. The summed E-state index contributed by atoms with van der Waals surface area (Å²) in [6.45, 7) is 7.53. The molecule has 0 bridgehead atoms. The number of ketones is 1. The molecule has 0 spiro atoms. The maximum atomic E-state index is 11.5. The van der Waals surface area contributed by atoms with Gasteiger partial charge in [-0.25, -0.2) is 0 Å². The molecule has 0 heterocycles. The van der Waals surface area contributed by atoms with Crippen LogP contribution in [0.25, 0.3) is 5.57 Å². The summed E-state index contributed by atoms with van der Waals surface area (Å²) in [5.41, 5.74) is 3.99. The first kappa shape index (κ1) is 13.5. The largest absolute Gasteiger partial charge is 0.508 e. The fourth-order valence-electron chi connectivity index (χ4n) is 1.97. The summed E-state index contributed by atoms with van der Waals surface area (Å²) >= 11 is 0. The van der Waals surface area contributed by atoms with Gasteiger partial charge in [0.1, 0.15) is 5.75 Å². The Morgan fingerprint density at radius 2 is 1.94 bits per heavy atom. The minimum Gasteiger partial charge on any atom is -0.508 e. The van der Waals surface area contributed by atoms with Gasteiger partial charge in [-0.05, 0) is 61.6 Å². The average Bonchev–Trinajstić information content (AvgIpc) is 2.26. The molecule has 92 valence electrons. The molecule has 2 heteroatoms. The van der Waals surface area contributed by atoms with Crippen LogP contribution in [0.4, 0.5) is 0 Å². The molecule has 1 rings (SSSR count). The number of hydrogen-bond donors (Lipinski definition) is 1. The number of benzene rings is 1. The van der Waals surface area contributed by atoms with Gasteiger partial charge < -0.3 is 5.11 Å². The standard InChI is InChI=1S/C15H20O2/c1-5-6-15(11(3)12(4)16)14-8-7-13(17)9-10(14)2/h7-9,17H,5-6H2,1-4H3/b15-11+. The van der Waals surface area contributed by atoms with Crippen molar-refractivity contribution in [1.82, 2.24) is 0 Å². The number of hydrogen-bond acceptors (Lipinski definition) is 2. The number of carbonyl (C=O) groups is 1. The summed E-state index contributed by atoms with van der Waals surface area (Å²) in [6, 6.07) is 5.30. The minimum absolute atomic E-state index is 0.112. The molecule has 1 aromatic rings. The molecule has 0 amide bonds. The zero-order valence-corrected chi connectivity index (χ0v) is 11.0. The van der Waals surface area contributed by atoms with Crippen LogP contribution in [-0.4, -0.2) is 10.9 Å². The molecule has 2 nitrogen and oxygen atoms in total. The quantitative estimate of drug-likeness (QED) is 0.800. The van der Waals surface area contributed by atoms with Crippen LogP contribution in [-0.2, 0) is 4.79 Å². The van der Waals surface area contributed by atoms with E-state index in [0.29, 0.717) is 0 Å². The van der Waals surface area contributed by atoms with Gasteiger partial charge in [-0.15, -0.1) is 0 Å². The SMILES string of the molecule is CCC/C(=C(/C)C(C)=O)c1ccc(O)cc1C. The maximum Gasteiger partial charge on any atom is 0.155 e. The van der Waals surface area contributed by atoms with Gasteiger partial charge in [0.05, 0.1) is 0 Å². The molecule has 0 saturated carbocycles. The molecule has 0 aliphatic rings. The average molecular weight is 232 g/mol. The van der Waals surface area contributed by atoms with Crippen molar-refractivity contribution >= 4 is 11.4 Å². The van der Waals surface area contributed by atoms with Gasteiger partial charge in [0.2, 0.25) is 0 Å². The normalized spacial score (nSPS) is 12.2. The number of phenols is 1. The van der Waals surface area contributed by atoms with E-state index in [-0.39, 0.29) is 11.5 Å². The summed E-state index contributed by atoms with van der Waals surface area (Å²) in [4.78, 5) is 11.5. The van der Waals surface area contributed by atoms with E-state index in [2.05, 4.69) is 6.92 Å². The van der Waals surface area contributed by atoms with E-state index in [1.54, 1.807) is 19.1 Å². The van der Waals surface area contributed by atoms with Crippen LogP contribution in [0.3, 0.4) is 0 Å². The molecule has 0 fully saturated rings. The van der Waals surface area contributed by atoms with Crippen molar-refractivity contribution < 1.29 is 9.90 Å². The van der Waals surface area contributed by atoms with Gasteiger partial charge >= 0.3 is 0 Å². The Morgan fingerprint density at radius 1 is 1.29 bits per heavy atom. The maximum absolute atomic E-state index is 11.5. The zero-order valence-electron chi connectivity index (χ0n) is 11.0. The topological polar surface area (TPSA) is 37.3 Å². The molecule has 0 unspecified atom stereocenters. The highest BCUT2D eigenvalue weighted by molar-refractivity contribution is 6.00. The molecule has 0 aliphatic carbocycles. The Hall–Kier alpha value is -1.57. The Kier molecular flexibility index (Phi) is 4.50. The Bertz CT molecular complexity index is 456. The summed E-state index contributed by atoms with van der Waals surface area (Å²) in [6.07, 6.45) is 1.89. The van der Waals surface area contributed by atoms with Crippen molar-refractivity contribution in [3.05, 3.63) is 34.9 Å². The molecule has 0 radical (unpaired) electrons. The first-order valence-electron chi connectivity index (χ1n) is 5.98. The van der Waals surface area contributed by atoms with Crippen LogP contribution < -0.4 is 0 Å². The fraction of sp³-hybridized carbons (Fsp3) is 0.400. The third-order valence-electron chi connectivity index (χ3n) is 3.02. The molecule has 1 aromatic carbocycles. The monoisotopic (exact) mass is 232 g/mol. The first-order valence-corrected chi connectivity index (χ1v) is 5.98. The van der Waals surface area contributed by atoms with Gasteiger partial charge in [-0.1, -0.05) is 19.4 Å². The van der Waals surface area contributed by atoms with Crippen molar-refractivity contribution in [1.29, 1.82) is 0 Å². The number of aryl methyl sites for hydroxylation is 1. The predicted octanol–water partition coefficient (Wildman–Crippen LogP) is 3.86. The van der Waals surface area contributed by atoms with Gasteiger partial charge in [0.15, 0.2) is 5.78 Å². The summed E-state index contributed by atoms with van der Waals surface area (Å²) in [7, 11) is 0. The van der Waals surface area contributed by atoms with Crippen molar-refractivity contribution in [2.45, 2.75) is 40.5 Å². The van der Waals surface area contributed by atoms with E-state index >= 15 is 0 Å². The Morgan fingerprint density at radius 3 is 2.41 bits per heavy atom. The molecule has 0 aromatic heterocycles. The molecule has 0 aliphatic heterocycles. The molecule has 0 saturated heterocycles. The van der Waals surface area contributed by atoms with Crippen molar-refractivity contribution in [2.75, 3.05) is 0 Å². The van der Waals surface area contributed by atoms with Crippen LogP contribution in [0.2, 0.25) is 0 Å². The van der Waals surface area contributed by atoms with Gasteiger partial charge in [0.25, 0.3) is 0 Å². The molecule has 0 atom stereocenters. The highest BCUT2D eigenvalue weighted by Gasteiger charge is 2.11. The van der Waals surface area contributed by atoms with Crippen molar-refractivity contribution in [3.63, 3.8) is 0 Å². The Balaban J connectivity index is 3.33. The lowest BCUT2D eigenvalue weighted by atomic mass is 9.92. The number of carbonyl (C=O) groups excluding carboxylic acids is 1. The second-order valence-electron chi connectivity index (χ2n) is 4.41. The third kappa shape index (κ3) is 3.19.